The standard InChI is InChI=1S/C21H25NO4S/c1-14(19-12-15-7-8-16(19)11-15)22-21(23)20-17(9-10-26-20)13-27(24,25)18-5-3-2-4-6-18/h2-6,9-10,14-16,19H,7-8,11-13H2,1H3,(H,22,23). The molecule has 2 aromatic rings. The molecule has 0 saturated heterocycles. The molecule has 2 fully saturated rings. The quantitative estimate of drug-likeness (QED) is 0.818. The Morgan fingerprint density at radius 3 is 2.63 bits per heavy atom. The lowest BCUT2D eigenvalue weighted by atomic mass is 9.84. The van der Waals surface area contributed by atoms with E-state index in [0.29, 0.717) is 17.4 Å². The summed E-state index contributed by atoms with van der Waals surface area (Å²) >= 11 is 0. The van der Waals surface area contributed by atoms with Crippen LogP contribution in [0.25, 0.3) is 0 Å². The highest BCUT2D eigenvalue weighted by Crippen LogP contribution is 2.49. The van der Waals surface area contributed by atoms with Crippen molar-refractivity contribution < 1.29 is 17.6 Å². The summed E-state index contributed by atoms with van der Waals surface area (Å²) in [4.78, 5) is 13.0. The van der Waals surface area contributed by atoms with E-state index in [4.69, 9.17) is 4.42 Å². The van der Waals surface area contributed by atoms with Gasteiger partial charge in [-0.2, -0.15) is 0 Å². The van der Waals surface area contributed by atoms with Gasteiger partial charge < -0.3 is 9.73 Å². The Kier molecular flexibility index (Phi) is 4.84. The molecular weight excluding hydrogens is 362 g/mol. The van der Waals surface area contributed by atoms with Crippen LogP contribution in [0.5, 0.6) is 0 Å². The van der Waals surface area contributed by atoms with Crippen LogP contribution in [0, 0.1) is 17.8 Å². The number of amides is 1. The molecule has 0 spiro atoms. The molecule has 2 bridgehead atoms. The van der Waals surface area contributed by atoms with Crippen LogP contribution >= 0.6 is 0 Å². The van der Waals surface area contributed by atoms with Crippen molar-refractivity contribution in [2.45, 2.75) is 49.3 Å². The van der Waals surface area contributed by atoms with Crippen molar-refractivity contribution in [2.75, 3.05) is 0 Å². The molecule has 1 heterocycles. The Hall–Kier alpha value is -2.08. The molecule has 144 valence electrons. The minimum absolute atomic E-state index is 0.0662. The molecule has 0 aliphatic heterocycles. The SMILES string of the molecule is CC(NC(=O)c1occc1CS(=O)(=O)c1ccccc1)C1CC2CCC1C2. The Bertz CT molecular complexity index is 919. The number of hydrogen-bond donors (Lipinski definition) is 1. The van der Waals surface area contributed by atoms with Crippen molar-refractivity contribution in [3.8, 4) is 0 Å². The monoisotopic (exact) mass is 387 g/mol. The van der Waals surface area contributed by atoms with Crippen LogP contribution in [0.3, 0.4) is 0 Å². The molecule has 2 aliphatic carbocycles. The average molecular weight is 388 g/mol. The molecule has 4 unspecified atom stereocenters. The summed E-state index contributed by atoms with van der Waals surface area (Å²) in [6, 6.07) is 9.90. The fourth-order valence-electron chi connectivity index (χ4n) is 4.85. The van der Waals surface area contributed by atoms with Crippen molar-refractivity contribution in [2.24, 2.45) is 17.8 Å². The Balaban J connectivity index is 1.46. The van der Waals surface area contributed by atoms with Gasteiger partial charge in [0.2, 0.25) is 0 Å². The highest BCUT2D eigenvalue weighted by Gasteiger charge is 2.42. The molecule has 1 N–H and O–H groups in total. The summed E-state index contributed by atoms with van der Waals surface area (Å²) in [5.74, 6) is 1.56. The van der Waals surface area contributed by atoms with Gasteiger partial charge in [0.25, 0.3) is 5.91 Å². The molecular formula is C21H25NO4S. The second-order valence-electron chi connectivity index (χ2n) is 7.95. The van der Waals surface area contributed by atoms with Crippen LogP contribution < -0.4 is 5.32 Å². The van der Waals surface area contributed by atoms with E-state index in [9.17, 15) is 13.2 Å². The molecule has 6 heteroatoms. The molecule has 1 aromatic heterocycles. The van der Waals surface area contributed by atoms with Gasteiger partial charge in [-0.05, 0) is 62.1 Å². The van der Waals surface area contributed by atoms with Crippen LogP contribution in [0.2, 0.25) is 0 Å². The van der Waals surface area contributed by atoms with Gasteiger partial charge in [-0.1, -0.05) is 24.6 Å². The first-order chi connectivity index (χ1) is 12.9. The zero-order valence-corrected chi connectivity index (χ0v) is 16.2. The van der Waals surface area contributed by atoms with E-state index < -0.39 is 9.84 Å². The van der Waals surface area contributed by atoms with Gasteiger partial charge in [0.05, 0.1) is 16.9 Å². The van der Waals surface area contributed by atoms with Crippen LogP contribution in [-0.4, -0.2) is 20.4 Å². The predicted octanol–water partition coefficient (Wildman–Crippen LogP) is 3.81. The maximum atomic E-state index is 12.7. The van der Waals surface area contributed by atoms with Gasteiger partial charge in [0.15, 0.2) is 15.6 Å². The third-order valence-electron chi connectivity index (χ3n) is 6.19. The third-order valence-corrected chi connectivity index (χ3v) is 7.88. The maximum absolute atomic E-state index is 12.7. The lowest BCUT2D eigenvalue weighted by Gasteiger charge is -2.28. The number of furan rings is 1. The van der Waals surface area contributed by atoms with E-state index in [1.807, 2.05) is 6.92 Å². The summed E-state index contributed by atoms with van der Waals surface area (Å²) in [5.41, 5.74) is 0.400. The van der Waals surface area contributed by atoms with E-state index in [0.717, 1.165) is 5.92 Å². The van der Waals surface area contributed by atoms with E-state index in [1.165, 1.54) is 31.9 Å². The second-order valence-corrected chi connectivity index (χ2v) is 9.94. The third kappa shape index (κ3) is 3.68. The van der Waals surface area contributed by atoms with Crippen LogP contribution in [0.1, 0.15) is 48.7 Å². The summed E-state index contributed by atoms with van der Waals surface area (Å²) in [7, 11) is -3.53. The zero-order valence-electron chi connectivity index (χ0n) is 15.4. The lowest BCUT2D eigenvalue weighted by Crippen LogP contribution is -2.40. The summed E-state index contributed by atoms with van der Waals surface area (Å²) in [6.07, 6.45) is 6.43. The Labute approximate surface area is 160 Å². The number of nitrogens with one attached hydrogen (secondary N) is 1. The van der Waals surface area contributed by atoms with Crippen LogP contribution in [0.15, 0.2) is 52.0 Å². The van der Waals surface area contributed by atoms with Crippen molar-refractivity contribution in [3.63, 3.8) is 0 Å². The van der Waals surface area contributed by atoms with Crippen LogP contribution in [-0.2, 0) is 15.6 Å². The van der Waals surface area contributed by atoms with Crippen molar-refractivity contribution in [3.05, 3.63) is 54.0 Å². The topological polar surface area (TPSA) is 76.4 Å². The maximum Gasteiger partial charge on any atom is 0.287 e. The van der Waals surface area contributed by atoms with E-state index in [1.54, 1.807) is 36.4 Å². The fourth-order valence-corrected chi connectivity index (χ4v) is 6.23. The number of sulfone groups is 1. The number of carbonyl (C=O) groups excluding carboxylic acids is 1. The number of fused-ring (bicyclic) bond motifs is 2. The van der Waals surface area contributed by atoms with Gasteiger partial charge >= 0.3 is 0 Å². The van der Waals surface area contributed by atoms with Gasteiger partial charge in [0.1, 0.15) is 0 Å². The zero-order chi connectivity index (χ0) is 19.0. The Morgan fingerprint density at radius 2 is 1.96 bits per heavy atom. The molecule has 4 atom stereocenters. The predicted molar refractivity (Wildman–Crippen MR) is 102 cm³/mol. The molecule has 1 amide bonds. The van der Waals surface area contributed by atoms with E-state index >= 15 is 0 Å². The van der Waals surface area contributed by atoms with Gasteiger partial charge in [-0.15, -0.1) is 0 Å². The summed E-state index contributed by atoms with van der Waals surface area (Å²) < 4.78 is 30.6. The normalized spacial score (nSPS) is 25.4. The minimum atomic E-state index is -3.53. The van der Waals surface area contributed by atoms with Gasteiger partial charge in [0, 0.05) is 11.6 Å². The fraction of sp³-hybridized carbons (Fsp3) is 0.476. The highest BCUT2D eigenvalue weighted by molar-refractivity contribution is 7.90. The number of hydrogen-bond acceptors (Lipinski definition) is 4. The number of carbonyl (C=O) groups is 1. The Morgan fingerprint density at radius 1 is 1.19 bits per heavy atom. The first-order valence-corrected chi connectivity index (χ1v) is 11.2. The molecule has 1 aromatic carbocycles. The molecule has 0 radical (unpaired) electrons. The van der Waals surface area contributed by atoms with Gasteiger partial charge in [-0.25, -0.2) is 8.42 Å². The average Bonchev–Trinajstić information content (AvgIpc) is 3.39. The number of rotatable bonds is 6. The lowest BCUT2D eigenvalue weighted by molar-refractivity contribution is 0.0886. The molecule has 2 saturated carbocycles. The summed E-state index contributed by atoms with van der Waals surface area (Å²) in [5, 5.41) is 3.05. The summed E-state index contributed by atoms with van der Waals surface area (Å²) in [6.45, 7) is 2.05. The second kappa shape index (κ2) is 7.15. The van der Waals surface area contributed by atoms with E-state index in [2.05, 4.69) is 5.32 Å². The van der Waals surface area contributed by atoms with E-state index in [-0.39, 0.29) is 28.4 Å². The molecule has 5 nitrogen and oxygen atoms in total. The van der Waals surface area contributed by atoms with Crippen LogP contribution in [0.4, 0.5) is 0 Å². The first-order valence-electron chi connectivity index (χ1n) is 9.59. The highest BCUT2D eigenvalue weighted by atomic mass is 32.2. The molecule has 2 aliphatic rings. The van der Waals surface area contributed by atoms with Crippen molar-refractivity contribution in [1.82, 2.24) is 5.32 Å². The minimum Gasteiger partial charge on any atom is -0.459 e. The van der Waals surface area contributed by atoms with Gasteiger partial charge in [-0.3, -0.25) is 4.79 Å². The smallest absolute Gasteiger partial charge is 0.287 e. The van der Waals surface area contributed by atoms with Crippen molar-refractivity contribution in [1.29, 1.82) is 0 Å². The van der Waals surface area contributed by atoms with Crippen molar-refractivity contribution >= 4 is 15.7 Å². The first kappa shape index (κ1) is 18.3. The molecule has 27 heavy (non-hydrogen) atoms. The largest absolute Gasteiger partial charge is 0.459 e. The number of benzene rings is 1. The molecule has 4 rings (SSSR count).